The van der Waals surface area contributed by atoms with Gasteiger partial charge in [0.25, 0.3) is 21.8 Å². The molecule has 1 unspecified atom stereocenters. The van der Waals surface area contributed by atoms with Gasteiger partial charge in [0.05, 0.1) is 17.1 Å². The Bertz CT molecular complexity index is 1700. The molecule has 2 N–H and O–H groups in total. The molecule has 5 rings (SSSR count). The van der Waals surface area contributed by atoms with Gasteiger partial charge in [0.15, 0.2) is 12.7 Å². The number of aryl methyl sites for hydroxylation is 1. The minimum atomic E-state index is -3.94. The molecule has 0 bridgehead atoms. The van der Waals surface area contributed by atoms with E-state index in [0.29, 0.717) is 29.3 Å². The minimum absolute atomic E-state index is 0.00888. The smallest absolute Gasteiger partial charge is 0.265 e. The standard InChI is InChI=1S/C31H28FN3O6S/c1-21-17-25(42(38,39)34-24-13-11-23(32)12-14-24)15-16-27(21)40-20-30(36)35-19-29(41-28-10-6-5-9-26(28)35)31(37)33-18-22-7-3-2-4-8-22/h2-17,29,34H,18-20H2,1H3,(H,33,37). The first-order valence-electron chi connectivity index (χ1n) is 13.1. The van der Waals surface area contributed by atoms with Gasteiger partial charge >= 0.3 is 0 Å². The van der Waals surface area contributed by atoms with E-state index in [-0.39, 0.29) is 29.6 Å². The van der Waals surface area contributed by atoms with Crippen molar-refractivity contribution in [3.05, 3.63) is 114 Å². The number of carbonyl (C=O) groups is 2. The number of hydrogen-bond donors (Lipinski definition) is 2. The maximum absolute atomic E-state index is 13.3. The van der Waals surface area contributed by atoms with Gasteiger partial charge < -0.3 is 19.7 Å². The topological polar surface area (TPSA) is 114 Å². The number of nitrogens with one attached hydrogen (secondary N) is 2. The lowest BCUT2D eigenvalue weighted by atomic mass is 10.1. The van der Waals surface area contributed by atoms with E-state index in [1.54, 1.807) is 31.2 Å². The van der Waals surface area contributed by atoms with Crippen LogP contribution in [-0.4, -0.2) is 39.5 Å². The molecule has 2 amide bonds. The molecule has 1 atom stereocenters. The van der Waals surface area contributed by atoms with E-state index in [4.69, 9.17) is 9.47 Å². The molecule has 42 heavy (non-hydrogen) atoms. The van der Waals surface area contributed by atoms with Crippen molar-refractivity contribution in [2.45, 2.75) is 24.5 Å². The second-order valence-corrected chi connectivity index (χ2v) is 11.3. The molecule has 1 aliphatic heterocycles. The van der Waals surface area contributed by atoms with Gasteiger partial charge in [-0.2, -0.15) is 0 Å². The third-order valence-electron chi connectivity index (χ3n) is 6.58. The molecule has 4 aromatic carbocycles. The molecule has 0 saturated heterocycles. The van der Waals surface area contributed by atoms with Crippen molar-refractivity contribution in [3.63, 3.8) is 0 Å². The third-order valence-corrected chi connectivity index (χ3v) is 7.96. The molecule has 1 aliphatic rings. The van der Waals surface area contributed by atoms with Gasteiger partial charge in [-0.05, 0) is 72.6 Å². The molecule has 0 spiro atoms. The normalized spacial score (nSPS) is 14.3. The van der Waals surface area contributed by atoms with Crippen molar-refractivity contribution in [2.75, 3.05) is 22.8 Å². The van der Waals surface area contributed by atoms with Crippen LogP contribution in [0.1, 0.15) is 11.1 Å². The number of halogens is 1. The van der Waals surface area contributed by atoms with Crippen LogP contribution in [-0.2, 0) is 26.2 Å². The number of nitrogens with zero attached hydrogens (tertiary/aromatic N) is 1. The zero-order valence-corrected chi connectivity index (χ0v) is 23.4. The average molecular weight is 590 g/mol. The predicted octanol–water partition coefficient (Wildman–Crippen LogP) is 4.42. The lowest BCUT2D eigenvalue weighted by molar-refractivity contribution is -0.128. The zero-order chi connectivity index (χ0) is 29.7. The van der Waals surface area contributed by atoms with Crippen LogP contribution in [0.2, 0.25) is 0 Å². The molecule has 0 aliphatic carbocycles. The Morgan fingerprint density at radius 1 is 0.976 bits per heavy atom. The van der Waals surface area contributed by atoms with Crippen LogP contribution in [0.5, 0.6) is 11.5 Å². The number of carbonyl (C=O) groups excluding carboxylic acids is 2. The summed E-state index contributed by atoms with van der Waals surface area (Å²) in [7, 11) is -3.94. The molecule has 9 nitrogen and oxygen atoms in total. The highest BCUT2D eigenvalue weighted by molar-refractivity contribution is 7.92. The molecule has 216 valence electrons. The summed E-state index contributed by atoms with van der Waals surface area (Å²) in [6, 6.07) is 25.6. The summed E-state index contributed by atoms with van der Waals surface area (Å²) in [5.41, 5.74) is 2.16. The Kier molecular flexibility index (Phi) is 8.39. The number of sulfonamides is 1. The molecular formula is C31H28FN3O6S. The quantitative estimate of drug-likeness (QED) is 0.299. The third kappa shape index (κ3) is 6.69. The number of rotatable bonds is 9. The van der Waals surface area contributed by atoms with Crippen LogP contribution < -0.4 is 24.4 Å². The molecule has 4 aromatic rings. The monoisotopic (exact) mass is 589 g/mol. The molecular weight excluding hydrogens is 561 g/mol. The largest absolute Gasteiger partial charge is 0.483 e. The van der Waals surface area contributed by atoms with E-state index in [0.717, 1.165) is 17.7 Å². The van der Waals surface area contributed by atoms with Gasteiger partial charge in [-0.25, -0.2) is 12.8 Å². The SMILES string of the molecule is Cc1cc(S(=O)(=O)Nc2ccc(F)cc2)ccc1OCC(=O)N1CC(C(=O)NCc2ccccc2)Oc2ccccc21. The highest BCUT2D eigenvalue weighted by Gasteiger charge is 2.34. The maximum Gasteiger partial charge on any atom is 0.265 e. The van der Waals surface area contributed by atoms with Crippen molar-refractivity contribution in [3.8, 4) is 11.5 Å². The van der Waals surface area contributed by atoms with Gasteiger partial charge in [0.2, 0.25) is 0 Å². The first-order chi connectivity index (χ1) is 20.2. The average Bonchev–Trinajstić information content (AvgIpc) is 3.00. The van der Waals surface area contributed by atoms with Gasteiger partial charge in [-0.3, -0.25) is 14.3 Å². The van der Waals surface area contributed by atoms with E-state index >= 15 is 0 Å². The zero-order valence-electron chi connectivity index (χ0n) is 22.6. The van der Waals surface area contributed by atoms with E-state index in [2.05, 4.69) is 10.0 Å². The summed E-state index contributed by atoms with van der Waals surface area (Å²) in [4.78, 5) is 27.7. The van der Waals surface area contributed by atoms with Gasteiger partial charge in [-0.1, -0.05) is 42.5 Å². The Morgan fingerprint density at radius 2 is 1.69 bits per heavy atom. The van der Waals surface area contributed by atoms with Crippen molar-refractivity contribution in [1.82, 2.24) is 5.32 Å². The van der Waals surface area contributed by atoms with E-state index < -0.39 is 27.9 Å². The predicted molar refractivity (Wildman–Crippen MR) is 155 cm³/mol. The second kappa shape index (κ2) is 12.3. The lowest BCUT2D eigenvalue weighted by Gasteiger charge is -2.34. The Hall–Kier alpha value is -4.90. The molecule has 0 radical (unpaired) electrons. The van der Waals surface area contributed by atoms with Crippen LogP contribution in [0.3, 0.4) is 0 Å². The second-order valence-electron chi connectivity index (χ2n) is 9.61. The number of ether oxygens (including phenoxy) is 2. The van der Waals surface area contributed by atoms with Crippen molar-refractivity contribution in [1.29, 1.82) is 0 Å². The summed E-state index contributed by atoms with van der Waals surface area (Å²) in [5, 5.41) is 2.86. The van der Waals surface area contributed by atoms with Crippen molar-refractivity contribution < 1.29 is 31.9 Å². The summed E-state index contributed by atoms with van der Waals surface area (Å²) in [6.45, 7) is 1.62. The number of fused-ring (bicyclic) bond motifs is 1. The van der Waals surface area contributed by atoms with Crippen molar-refractivity contribution >= 4 is 33.2 Å². The van der Waals surface area contributed by atoms with E-state index in [1.807, 2.05) is 30.3 Å². The summed E-state index contributed by atoms with van der Waals surface area (Å²) < 4.78 is 52.9. The van der Waals surface area contributed by atoms with Crippen molar-refractivity contribution in [2.24, 2.45) is 0 Å². The van der Waals surface area contributed by atoms with Gasteiger partial charge in [-0.15, -0.1) is 0 Å². The fraction of sp³-hybridized carbons (Fsp3) is 0.161. The molecule has 0 saturated carbocycles. The lowest BCUT2D eigenvalue weighted by Crippen LogP contribution is -2.51. The molecule has 11 heteroatoms. The summed E-state index contributed by atoms with van der Waals surface area (Å²) in [6.07, 6.45) is -0.924. The summed E-state index contributed by atoms with van der Waals surface area (Å²) in [5.74, 6) is -0.513. The van der Waals surface area contributed by atoms with Crippen LogP contribution in [0, 0.1) is 12.7 Å². The minimum Gasteiger partial charge on any atom is -0.483 e. The fourth-order valence-corrected chi connectivity index (χ4v) is 5.55. The number of hydrogen-bond acceptors (Lipinski definition) is 6. The van der Waals surface area contributed by atoms with Crippen LogP contribution in [0.25, 0.3) is 0 Å². The maximum atomic E-state index is 13.3. The highest BCUT2D eigenvalue weighted by atomic mass is 32.2. The summed E-state index contributed by atoms with van der Waals surface area (Å²) >= 11 is 0. The van der Waals surface area contributed by atoms with Gasteiger partial charge in [0, 0.05) is 12.2 Å². The Balaban J connectivity index is 1.24. The number of amides is 2. The first-order valence-corrected chi connectivity index (χ1v) is 14.6. The van der Waals surface area contributed by atoms with Crippen LogP contribution in [0.15, 0.2) is 102 Å². The number of anilines is 2. The Labute approximate surface area is 242 Å². The molecule has 0 fully saturated rings. The van der Waals surface area contributed by atoms with E-state index in [1.165, 1.54) is 35.2 Å². The van der Waals surface area contributed by atoms with Crippen LogP contribution >= 0.6 is 0 Å². The number of para-hydroxylation sites is 2. The Morgan fingerprint density at radius 3 is 2.43 bits per heavy atom. The molecule has 1 heterocycles. The fourth-order valence-electron chi connectivity index (χ4n) is 4.41. The first kappa shape index (κ1) is 28.6. The van der Waals surface area contributed by atoms with Gasteiger partial charge in [0.1, 0.15) is 17.3 Å². The highest BCUT2D eigenvalue weighted by Crippen LogP contribution is 2.33. The van der Waals surface area contributed by atoms with Crippen LogP contribution in [0.4, 0.5) is 15.8 Å². The molecule has 0 aromatic heterocycles. The number of benzene rings is 4. The van der Waals surface area contributed by atoms with E-state index in [9.17, 15) is 22.4 Å².